The predicted octanol–water partition coefficient (Wildman–Crippen LogP) is 2.26. The number of benzene rings is 1. The molecule has 0 aliphatic rings. The predicted molar refractivity (Wildman–Crippen MR) is 88.2 cm³/mol. The summed E-state index contributed by atoms with van der Waals surface area (Å²) < 4.78 is 1.99. The van der Waals surface area contributed by atoms with Crippen LogP contribution < -0.4 is 5.32 Å². The van der Waals surface area contributed by atoms with E-state index in [-0.39, 0.29) is 5.91 Å². The molecule has 0 spiro atoms. The van der Waals surface area contributed by atoms with Crippen molar-refractivity contribution < 1.29 is 4.79 Å². The van der Waals surface area contributed by atoms with Gasteiger partial charge >= 0.3 is 0 Å². The monoisotopic (exact) mass is 309 g/mol. The van der Waals surface area contributed by atoms with Crippen LogP contribution in [-0.4, -0.2) is 32.0 Å². The third-order valence-electron chi connectivity index (χ3n) is 3.78. The number of rotatable bonds is 5. The molecule has 0 unspecified atom stereocenters. The molecule has 0 bridgehead atoms. The van der Waals surface area contributed by atoms with E-state index in [4.69, 9.17) is 0 Å². The average molecular weight is 309 g/mol. The van der Waals surface area contributed by atoms with E-state index in [0.717, 1.165) is 35.4 Å². The highest BCUT2D eigenvalue weighted by Gasteiger charge is 2.08. The highest BCUT2D eigenvalue weighted by molar-refractivity contribution is 5.97. The Labute approximate surface area is 134 Å². The number of aromatic nitrogens is 4. The van der Waals surface area contributed by atoms with Gasteiger partial charge in [0.05, 0.1) is 28.7 Å². The lowest BCUT2D eigenvalue weighted by Gasteiger charge is -2.07. The highest BCUT2D eigenvalue weighted by atomic mass is 16.1. The molecule has 0 aliphatic carbocycles. The minimum atomic E-state index is -0.0856. The van der Waals surface area contributed by atoms with Crippen molar-refractivity contribution in [3.05, 3.63) is 53.9 Å². The number of amides is 1. The molecule has 3 aromatic rings. The van der Waals surface area contributed by atoms with Crippen molar-refractivity contribution in [3.8, 4) is 0 Å². The van der Waals surface area contributed by atoms with E-state index in [1.807, 2.05) is 30.7 Å². The normalized spacial score (nSPS) is 10.9. The maximum Gasteiger partial charge on any atom is 0.251 e. The van der Waals surface area contributed by atoms with Gasteiger partial charge in [0, 0.05) is 31.0 Å². The van der Waals surface area contributed by atoms with Crippen LogP contribution in [0.1, 0.15) is 28.2 Å². The summed E-state index contributed by atoms with van der Waals surface area (Å²) in [6.07, 6.45) is 6.29. The van der Waals surface area contributed by atoms with Gasteiger partial charge in [0.1, 0.15) is 0 Å². The van der Waals surface area contributed by atoms with Crippen molar-refractivity contribution in [2.45, 2.75) is 26.8 Å². The Morgan fingerprint density at radius 2 is 1.96 bits per heavy atom. The van der Waals surface area contributed by atoms with Gasteiger partial charge in [-0.05, 0) is 38.5 Å². The second kappa shape index (κ2) is 6.56. The Balaban J connectivity index is 1.62. The number of hydrogen-bond donors (Lipinski definition) is 1. The van der Waals surface area contributed by atoms with Gasteiger partial charge in [-0.15, -0.1) is 0 Å². The van der Waals surface area contributed by atoms with Crippen LogP contribution in [0.2, 0.25) is 0 Å². The minimum Gasteiger partial charge on any atom is -0.352 e. The van der Waals surface area contributed by atoms with Crippen LogP contribution >= 0.6 is 0 Å². The molecule has 6 nitrogen and oxygen atoms in total. The second-order valence-electron chi connectivity index (χ2n) is 5.51. The van der Waals surface area contributed by atoms with E-state index in [0.29, 0.717) is 12.1 Å². The maximum atomic E-state index is 12.2. The third kappa shape index (κ3) is 3.53. The van der Waals surface area contributed by atoms with E-state index < -0.39 is 0 Å². The lowest BCUT2D eigenvalue weighted by Crippen LogP contribution is -2.25. The molecule has 23 heavy (non-hydrogen) atoms. The zero-order valence-electron chi connectivity index (χ0n) is 13.3. The smallest absolute Gasteiger partial charge is 0.251 e. The first-order chi connectivity index (χ1) is 11.1. The Morgan fingerprint density at radius 3 is 2.70 bits per heavy atom. The third-order valence-corrected chi connectivity index (χ3v) is 3.78. The number of imidazole rings is 1. The highest BCUT2D eigenvalue weighted by Crippen LogP contribution is 2.14. The molecule has 0 saturated carbocycles. The first-order valence-electron chi connectivity index (χ1n) is 7.62. The number of aryl methyl sites for hydroxylation is 3. The molecule has 6 heteroatoms. The molecule has 1 amide bonds. The lowest BCUT2D eigenvalue weighted by atomic mass is 10.1. The second-order valence-corrected chi connectivity index (χ2v) is 5.51. The van der Waals surface area contributed by atoms with Crippen LogP contribution in [-0.2, 0) is 6.54 Å². The number of hydrogen-bond acceptors (Lipinski definition) is 4. The van der Waals surface area contributed by atoms with Gasteiger partial charge in [0.2, 0.25) is 0 Å². The fraction of sp³-hybridized carbons (Fsp3) is 0.294. The molecule has 1 N–H and O–H groups in total. The molecule has 2 aromatic heterocycles. The van der Waals surface area contributed by atoms with Gasteiger partial charge in [-0.1, -0.05) is 0 Å². The van der Waals surface area contributed by atoms with Crippen molar-refractivity contribution >= 4 is 16.9 Å². The summed E-state index contributed by atoms with van der Waals surface area (Å²) in [4.78, 5) is 25.2. The summed E-state index contributed by atoms with van der Waals surface area (Å²) in [5.41, 5.74) is 3.96. The van der Waals surface area contributed by atoms with E-state index in [1.165, 1.54) is 0 Å². The number of nitrogens with one attached hydrogen (secondary N) is 1. The SMILES string of the molecule is Cc1nc2ccc(C(=O)NCCCn3ccnc3)cc2nc1C. The van der Waals surface area contributed by atoms with Crippen LogP contribution in [0.4, 0.5) is 0 Å². The topological polar surface area (TPSA) is 72.7 Å². The van der Waals surface area contributed by atoms with Gasteiger partial charge in [-0.25, -0.2) is 15.0 Å². The van der Waals surface area contributed by atoms with Crippen LogP contribution in [0.15, 0.2) is 36.9 Å². The molecule has 118 valence electrons. The number of nitrogens with zero attached hydrogens (tertiary/aromatic N) is 4. The van der Waals surface area contributed by atoms with E-state index in [2.05, 4.69) is 20.3 Å². The number of fused-ring (bicyclic) bond motifs is 1. The molecule has 1 aromatic carbocycles. The number of carbonyl (C=O) groups excluding carboxylic acids is 1. The molecule has 0 aliphatic heterocycles. The zero-order chi connectivity index (χ0) is 16.2. The molecule has 0 fully saturated rings. The van der Waals surface area contributed by atoms with Crippen molar-refractivity contribution in [1.29, 1.82) is 0 Å². The first-order valence-corrected chi connectivity index (χ1v) is 7.62. The van der Waals surface area contributed by atoms with Gasteiger partial charge in [-0.2, -0.15) is 0 Å². The molecule has 0 saturated heterocycles. The zero-order valence-corrected chi connectivity index (χ0v) is 13.3. The molecular formula is C17H19N5O. The molecule has 3 rings (SSSR count). The standard InChI is InChI=1S/C17H19N5O/c1-12-13(2)21-16-10-14(4-5-15(16)20-12)17(23)19-6-3-8-22-9-7-18-11-22/h4-5,7,9-11H,3,6,8H2,1-2H3,(H,19,23). The Morgan fingerprint density at radius 1 is 1.17 bits per heavy atom. The van der Waals surface area contributed by atoms with Gasteiger partial charge in [0.15, 0.2) is 0 Å². The van der Waals surface area contributed by atoms with Crippen molar-refractivity contribution in [3.63, 3.8) is 0 Å². The summed E-state index contributed by atoms with van der Waals surface area (Å²) >= 11 is 0. The first kappa shape index (κ1) is 15.1. The van der Waals surface area contributed by atoms with Gasteiger partial charge < -0.3 is 9.88 Å². The summed E-state index contributed by atoms with van der Waals surface area (Å²) in [5, 5.41) is 2.93. The van der Waals surface area contributed by atoms with Crippen LogP contribution in [0.25, 0.3) is 11.0 Å². The summed E-state index contributed by atoms with van der Waals surface area (Å²) in [6, 6.07) is 5.42. The fourth-order valence-electron chi connectivity index (χ4n) is 2.36. The number of carbonyl (C=O) groups is 1. The van der Waals surface area contributed by atoms with Crippen molar-refractivity contribution in [1.82, 2.24) is 24.8 Å². The maximum absolute atomic E-state index is 12.2. The minimum absolute atomic E-state index is 0.0856. The van der Waals surface area contributed by atoms with Gasteiger partial charge in [-0.3, -0.25) is 4.79 Å². The fourth-order valence-corrected chi connectivity index (χ4v) is 2.36. The molecular weight excluding hydrogens is 290 g/mol. The van der Waals surface area contributed by atoms with Crippen LogP contribution in [0, 0.1) is 13.8 Å². The van der Waals surface area contributed by atoms with Crippen molar-refractivity contribution in [2.75, 3.05) is 6.54 Å². The van der Waals surface area contributed by atoms with E-state index >= 15 is 0 Å². The van der Waals surface area contributed by atoms with Crippen LogP contribution in [0.3, 0.4) is 0 Å². The molecule has 2 heterocycles. The average Bonchev–Trinajstić information content (AvgIpc) is 3.05. The Hall–Kier alpha value is -2.76. The molecule has 0 radical (unpaired) electrons. The lowest BCUT2D eigenvalue weighted by molar-refractivity contribution is 0.0953. The van der Waals surface area contributed by atoms with Crippen molar-refractivity contribution in [2.24, 2.45) is 0 Å². The molecule has 0 atom stereocenters. The summed E-state index contributed by atoms with van der Waals surface area (Å²) in [7, 11) is 0. The quantitative estimate of drug-likeness (QED) is 0.734. The largest absolute Gasteiger partial charge is 0.352 e. The van der Waals surface area contributed by atoms with Gasteiger partial charge in [0.25, 0.3) is 5.91 Å². The Bertz CT molecular complexity index is 826. The van der Waals surface area contributed by atoms with E-state index in [1.54, 1.807) is 24.7 Å². The summed E-state index contributed by atoms with van der Waals surface area (Å²) in [5.74, 6) is -0.0856. The Kier molecular flexibility index (Phi) is 4.32. The van der Waals surface area contributed by atoms with Crippen LogP contribution in [0.5, 0.6) is 0 Å². The summed E-state index contributed by atoms with van der Waals surface area (Å²) in [6.45, 7) is 5.31. The van der Waals surface area contributed by atoms with E-state index in [9.17, 15) is 4.79 Å².